The first-order chi connectivity index (χ1) is 15.0. The van der Waals surface area contributed by atoms with Crippen LogP contribution in [-0.4, -0.2) is 31.6 Å². The molecule has 4 rings (SSSR count). The summed E-state index contributed by atoms with van der Waals surface area (Å²) in [6, 6.07) is 7.86. The van der Waals surface area contributed by atoms with Crippen molar-refractivity contribution >= 4 is 17.0 Å². The molecule has 0 aliphatic rings. The van der Waals surface area contributed by atoms with E-state index >= 15 is 0 Å². The van der Waals surface area contributed by atoms with Gasteiger partial charge in [0.25, 0.3) is 0 Å². The summed E-state index contributed by atoms with van der Waals surface area (Å²) in [5.74, 6) is -2.39. The number of benzene rings is 1. The van der Waals surface area contributed by atoms with Crippen LogP contribution in [-0.2, 0) is 17.5 Å². The number of rotatable bonds is 4. The lowest BCUT2D eigenvalue weighted by Crippen LogP contribution is -2.33. The smallest absolute Gasteiger partial charge is 0.326 e. The number of pyridine rings is 1. The zero-order chi connectivity index (χ0) is 23.1. The summed E-state index contributed by atoms with van der Waals surface area (Å²) in [5, 5.41) is 4.54. The minimum atomic E-state index is -5.17. The van der Waals surface area contributed by atoms with Crippen LogP contribution in [0.2, 0.25) is 0 Å². The second-order valence-corrected chi connectivity index (χ2v) is 6.74. The zero-order valence-corrected chi connectivity index (χ0v) is 15.9. The van der Waals surface area contributed by atoms with E-state index in [4.69, 9.17) is 0 Å². The van der Waals surface area contributed by atoms with E-state index < -0.39 is 23.9 Å². The third kappa shape index (κ3) is 4.29. The Bertz CT molecular complexity index is 1290. The summed E-state index contributed by atoms with van der Waals surface area (Å²) in [7, 11) is 0. The average molecular weight is 454 g/mol. The Balaban J connectivity index is 1.61. The number of nitrogens with zero attached hydrogens (tertiary/aromatic N) is 4. The van der Waals surface area contributed by atoms with Gasteiger partial charge in [0.05, 0.1) is 18.3 Å². The van der Waals surface area contributed by atoms with Gasteiger partial charge in [-0.1, -0.05) is 12.1 Å². The van der Waals surface area contributed by atoms with E-state index in [-0.39, 0.29) is 12.2 Å². The Hall–Kier alpha value is -3.83. The quantitative estimate of drug-likeness (QED) is 0.427. The van der Waals surface area contributed by atoms with Gasteiger partial charge >= 0.3 is 18.3 Å². The Morgan fingerprint density at radius 1 is 1.06 bits per heavy atom. The lowest BCUT2D eigenvalue weighted by atomic mass is 10.1. The molecule has 0 saturated heterocycles. The first-order valence-corrected chi connectivity index (χ1v) is 8.97. The third-order valence-electron chi connectivity index (χ3n) is 4.51. The molecule has 0 bridgehead atoms. The number of hydrogen-bond donors (Lipinski definition) is 0. The zero-order valence-electron chi connectivity index (χ0n) is 15.9. The number of alkyl halides is 6. The molecular weight excluding hydrogens is 442 g/mol. The number of halogens is 6. The molecule has 0 fully saturated rings. The van der Waals surface area contributed by atoms with Gasteiger partial charge in [-0.25, -0.2) is 9.78 Å². The summed E-state index contributed by atoms with van der Waals surface area (Å²) in [6.07, 6.45) is -4.15. The van der Waals surface area contributed by atoms with Crippen LogP contribution in [0, 0.1) is 0 Å². The fraction of sp³-hybridized carbons (Fsp3) is 0.150. The molecule has 3 heterocycles. The molecule has 6 nitrogen and oxygen atoms in total. The van der Waals surface area contributed by atoms with Crippen molar-refractivity contribution in [1.82, 2.24) is 19.5 Å². The van der Waals surface area contributed by atoms with Gasteiger partial charge in [0, 0.05) is 29.5 Å². The van der Waals surface area contributed by atoms with E-state index in [9.17, 15) is 31.1 Å². The predicted molar refractivity (Wildman–Crippen MR) is 99.1 cm³/mol. The molecule has 166 valence electrons. The van der Waals surface area contributed by atoms with Crippen LogP contribution in [0.15, 0.2) is 61.2 Å². The minimum Gasteiger partial charge on any atom is -0.326 e. The van der Waals surface area contributed by atoms with Gasteiger partial charge in [-0.2, -0.15) is 36.2 Å². The highest BCUT2D eigenvalue weighted by Gasteiger charge is 2.42. The maximum atomic E-state index is 12.9. The molecule has 3 aromatic heterocycles. The Morgan fingerprint density at radius 3 is 2.56 bits per heavy atom. The minimum absolute atomic E-state index is 0.0225. The van der Waals surface area contributed by atoms with E-state index in [1.54, 1.807) is 12.3 Å². The molecule has 0 atom stereocenters. The van der Waals surface area contributed by atoms with Gasteiger partial charge in [-0.05, 0) is 35.4 Å². The molecule has 32 heavy (non-hydrogen) atoms. The monoisotopic (exact) mass is 454 g/mol. The van der Waals surface area contributed by atoms with Crippen LogP contribution in [0.4, 0.5) is 26.3 Å². The fourth-order valence-electron chi connectivity index (χ4n) is 3.10. The summed E-state index contributed by atoms with van der Waals surface area (Å²) < 4.78 is 78.2. The van der Waals surface area contributed by atoms with Crippen molar-refractivity contribution in [2.75, 3.05) is 0 Å². The molecule has 0 unspecified atom stereocenters. The van der Waals surface area contributed by atoms with Crippen LogP contribution < -0.4 is 4.84 Å². The molecule has 1 aromatic carbocycles. The predicted octanol–water partition coefficient (Wildman–Crippen LogP) is 4.48. The lowest BCUT2D eigenvalue weighted by Gasteiger charge is -2.09. The Kier molecular flexibility index (Phi) is 5.15. The topological polar surface area (TPSA) is 61.9 Å². The second-order valence-electron chi connectivity index (χ2n) is 6.74. The van der Waals surface area contributed by atoms with Gasteiger partial charge in [-0.3, -0.25) is 4.68 Å². The van der Waals surface area contributed by atoms with Crippen molar-refractivity contribution < 1.29 is 36.0 Å². The van der Waals surface area contributed by atoms with Crippen molar-refractivity contribution in [3.63, 3.8) is 0 Å². The average Bonchev–Trinajstić information content (AvgIpc) is 3.34. The molecular formula is C20H12F6N4O2. The molecule has 0 N–H and O–H groups in total. The molecule has 0 amide bonds. The summed E-state index contributed by atoms with van der Waals surface area (Å²) in [5.41, 5.74) is 0.676. The molecule has 0 aliphatic heterocycles. The normalized spacial score (nSPS) is 12.3. The number of fused-ring (bicyclic) bond motifs is 1. The molecule has 0 saturated carbocycles. The SMILES string of the molecule is O=C(On1ccc2c(-c3cnn(Cc4cccc(C(F)(F)F)c4)c3)ccnc21)C(F)(F)F. The fourth-order valence-corrected chi connectivity index (χ4v) is 3.10. The van der Waals surface area contributed by atoms with Crippen LogP contribution in [0.25, 0.3) is 22.2 Å². The van der Waals surface area contributed by atoms with E-state index in [1.165, 1.54) is 35.3 Å². The molecule has 0 spiro atoms. The van der Waals surface area contributed by atoms with Crippen LogP contribution in [0.5, 0.6) is 0 Å². The van der Waals surface area contributed by atoms with Crippen LogP contribution in [0.1, 0.15) is 11.1 Å². The first-order valence-electron chi connectivity index (χ1n) is 8.97. The Labute approximate surface area is 175 Å². The maximum absolute atomic E-state index is 12.9. The van der Waals surface area contributed by atoms with Gasteiger partial charge in [0.2, 0.25) is 0 Å². The number of carbonyl (C=O) groups is 1. The molecule has 12 heteroatoms. The van der Waals surface area contributed by atoms with Crippen molar-refractivity contribution in [2.24, 2.45) is 0 Å². The van der Waals surface area contributed by atoms with Gasteiger partial charge in [0.15, 0.2) is 5.65 Å². The van der Waals surface area contributed by atoms with Crippen LogP contribution in [0.3, 0.4) is 0 Å². The highest BCUT2D eigenvalue weighted by atomic mass is 19.4. The maximum Gasteiger partial charge on any atom is 0.493 e. The molecule has 0 radical (unpaired) electrons. The standard InChI is InChI=1S/C20H12F6N4O2/c21-19(22,23)14-3-1-2-12(8-14)10-29-11-13(9-28-29)15-4-6-27-17-16(15)5-7-30(17)32-18(31)20(24,25)26/h1-9,11H,10H2. The van der Waals surface area contributed by atoms with Gasteiger partial charge in [0.1, 0.15) is 0 Å². The van der Waals surface area contributed by atoms with Gasteiger partial charge < -0.3 is 4.84 Å². The summed E-state index contributed by atoms with van der Waals surface area (Å²) in [4.78, 5) is 19.4. The number of aromatic nitrogens is 4. The third-order valence-corrected chi connectivity index (χ3v) is 4.51. The van der Waals surface area contributed by atoms with Crippen molar-refractivity contribution in [3.8, 4) is 11.1 Å². The van der Waals surface area contributed by atoms with Crippen molar-refractivity contribution in [3.05, 3.63) is 72.3 Å². The number of carbonyl (C=O) groups excluding carboxylic acids is 1. The van der Waals surface area contributed by atoms with E-state index in [1.807, 2.05) is 0 Å². The van der Waals surface area contributed by atoms with Gasteiger partial charge in [-0.15, -0.1) is 0 Å². The van der Waals surface area contributed by atoms with Crippen molar-refractivity contribution in [2.45, 2.75) is 18.9 Å². The largest absolute Gasteiger partial charge is 0.493 e. The molecule has 0 aliphatic carbocycles. The van der Waals surface area contributed by atoms with Crippen molar-refractivity contribution in [1.29, 1.82) is 0 Å². The Morgan fingerprint density at radius 2 is 1.84 bits per heavy atom. The number of hydrogen-bond acceptors (Lipinski definition) is 4. The first kappa shape index (κ1) is 21.4. The second kappa shape index (κ2) is 7.70. The highest BCUT2D eigenvalue weighted by Crippen LogP contribution is 2.30. The lowest BCUT2D eigenvalue weighted by molar-refractivity contribution is -0.199. The molecule has 4 aromatic rings. The van der Waals surface area contributed by atoms with E-state index in [0.29, 0.717) is 26.8 Å². The summed E-state index contributed by atoms with van der Waals surface area (Å²) >= 11 is 0. The van der Waals surface area contributed by atoms with Crippen LogP contribution >= 0.6 is 0 Å². The highest BCUT2D eigenvalue weighted by molar-refractivity contribution is 5.93. The summed E-state index contributed by atoms with van der Waals surface area (Å²) in [6.45, 7) is 0.0718. The van der Waals surface area contributed by atoms with E-state index in [2.05, 4.69) is 14.9 Å². The van der Waals surface area contributed by atoms with E-state index in [0.717, 1.165) is 18.3 Å².